The molecule has 3 aromatic rings. The number of thioether (sulfide) groups is 1. The fraction of sp³-hybridized carbons (Fsp3) is 0.316. The highest BCUT2D eigenvalue weighted by Gasteiger charge is 2.22. The molecule has 134 valence electrons. The van der Waals surface area contributed by atoms with Crippen LogP contribution in [0.25, 0.3) is 5.69 Å². The molecule has 0 saturated carbocycles. The van der Waals surface area contributed by atoms with Gasteiger partial charge in [-0.25, -0.2) is 4.98 Å². The Morgan fingerprint density at radius 1 is 1.08 bits per heavy atom. The minimum atomic E-state index is 0.543. The molecule has 1 saturated heterocycles. The zero-order valence-electron chi connectivity index (χ0n) is 14.6. The quantitative estimate of drug-likeness (QED) is 0.477. The van der Waals surface area contributed by atoms with Crippen LogP contribution in [0.4, 0.5) is 5.95 Å². The summed E-state index contributed by atoms with van der Waals surface area (Å²) in [6.07, 6.45) is 4.11. The van der Waals surface area contributed by atoms with Gasteiger partial charge in [-0.3, -0.25) is 4.57 Å². The van der Waals surface area contributed by atoms with E-state index in [1.165, 1.54) is 18.4 Å². The lowest BCUT2D eigenvalue weighted by Gasteiger charge is -2.18. The third kappa shape index (κ3) is 3.57. The Hall–Kier alpha value is -2.05. The van der Waals surface area contributed by atoms with Crippen molar-refractivity contribution in [2.75, 3.05) is 18.0 Å². The number of aromatic nitrogens is 4. The number of pyridine rings is 1. The maximum atomic E-state index is 6.20. The second-order valence-corrected chi connectivity index (χ2v) is 7.69. The van der Waals surface area contributed by atoms with Gasteiger partial charge in [0.1, 0.15) is 5.15 Å². The van der Waals surface area contributed by atoms with Gasteiger partial charge in [-0.05, 0) is 43.5 Å². The topological polar surface area (TPSA) is 46.8 Å². The van der Waals surface area contributed by atoms with Gasteiger partial charge in [-0.15, -0.1) is 10.2 Å². The molecule has 0 N–H and O–H groups in total. The molecule has 26 heavy (non-hydrogen) atoms. The van der Waals surface area contributed by atoms with Crippen LogP contribution in [-0.2, 0) is 5.75 Å². The van der Waals surface area contributed by atoms with Gasteiger partial charge in [-0.1, -0.05) is 47.1 Å². The highest BCUT2D eigenvalue weighted by atomic mass is 35.5. The molecule has 0 radical (unpaired) electrons. The van der Waals surface area contributed by atoms with E-state index in [-0.39, 0.29) is 0 Å². The summed E-state index contributed by atoms with van der Waals surface area (Å²) in [5.41, 5.74) is 3.32. The van der Waals surface area contributed by atoms with Crippen LogP contribution in [0.15, 0.2) is 47.8 Å². The van der Waals surface area contributed by atoms with E-state index in [1.54, 1.807) is 18.0 Å². The summed E-state index contributed by atoms with van der Waals surface area (Å²) in [4.78, 5) is 6.46. The fourth-order valence-electron chi connectivity index (χ4n) is 3.07. The van der Waals surface area contributed by atoms with Crippen molar-refractivity contribution in [1.29, 1.82) is 0 Å². The number of rotatable bonds is 5. The molecule has 0 unspecified atom stereocenters. The number of anilines is 1. The SMILES string of the molecule is Cc1ccc(-n2c(SCc3cccnc3Cl)nnc2N2CCCC2)cc1. The largest absolute Gasteiger partial charge is 0.341 e. The smallest absolute Gasteiger partial charge is 0.232 e. The molecule has 2 aromatic heterocycles. The van der Waals surface area contributed by atoms with Crippen molar-refractivity contribution in [1.82, 2.24) is 19.7 Å². The average molecular weight is 386 g/mol. The van der Waals surface area contributed by atoms with Crippen molar-refractivity contribution in [3.8, 4) is 5.69 Å². The second kappa shape index (κ2) is 7.68. The Bertz CT molecular complexity index is 887. The summed E-state index contributed by atoms with van der Waals surface area (Å²) >= 11 is 7.83. The van der Waals surface area contributed by atoms with Crippen LogP contribution in [0.5, 0.6) is 0 Å². The normalized spacial score (nSPS) is 14.2. The van der Waals surface area contributed by atoms with Crippen molar-refractivity contribution in [3.05, 3.63) is 58.9 Å². The summed E-state index contributed by atoms with van der Waals surface area (Å²) in [6.45, 7) is 4.16. The molecule has 4 rings (SSSR count). The highest BCUT2D eigenvalue weighted by molar-refractivity contribution is 7.98. The summed E-state index contributed by atoms with van der Waals surface area (Å²) in [5, 5.41) is 10.4. The van der Waals surface area contributed by atoms with Gasteiger partial charge in [0.15, 0.2) is 5.16 Å². The van der Waals surface area contributed by atoms with Gasteiger partial charge < -0.3 is 4.90 Å². The maximum absolute atomic E-state index is 6.20. The number of benzene rings is 1. The van der Waals surface area contributed by atoms with E-state index in [0.29, 0.717) is 10.9 Å². The van der Waals surface area contributed by atoms with Crippen LogP contribution in [-0.4, -0.2) is 32.8 Å². The molecule has 0 aliphatic carbocycles. The zero-order chi connectivity index (χ0) is 17.9. The van der Waals surface area contributed by atoms with Crippen molar-refractivity contribution < 1.29 is 0 Å². The summed E-state index contributed by atoms with van der Waals surface area (Å²) in [5.74, 6) is 1.63. The van der Waals surface area contributed by atoms with Crippen LogP contribution in [0.2, 0.25) is 5.15 Å². The molecule has 1 aliphatic rings. The van der Waals surface area contributed by atoms with Crippen LogP contribution in [0.3, 0.4) is 0 Å². The Balaban J connectivity index is 1.67. The van der Waals surface area contributed by atoms with E-state index >= 15 is 0 Å². The monoisotopic (exact) mass is 385 g/mol. The lowest BCUT2D eigenvalue weighted by atomic mass is 10.2. The molecule has 1 aromatic carbocycles. The van der Waals surface area contributed by atoms with Gasteiger partial charge in [0.05, 0.1) is 5.69 Å². The van der Waals surface area contributed by atoms with Gasteiger partial charge in [0.2, 0.25) is 5.95 Å². The fourth-order valence-corrected chi connectivity index (χ4v) is 4.26. The molecular weight excluding hydrogens is 366 g/mol. The van der Waals surface area contributed by atoms with E-state index in [1.807, 2.05) is 12.1 Å². The molecule has 1 aliphatic heterocycles. The molecule has 0 atom stereocenters. The van der Waals surface area contributed by atoms with E-state index < -0.39 is 0 Å². The first-order valence-electron chi connectivity index (χ1n) is 8.72. The lowest BCUT2D eigenvalue weighted by Crippen LogP contribution is -2.22. The van der Waals surface area contributed by atoms with E-state index in [0.717, 1.165) is 35.4 Å². The third-order valence-electron chi connectivity index (χ3n) is 4.49. The van der Waals surface area contributed by atoms with E-state index in [9.17, 15) is 0 Å². The van der Waals surface area contributed by atoms with Crippen molar-refractivity contribution in [2.24, 2.45) is 0 Å². The Kier molecular flexibility index (Phi) is 5.13. The van der Waals surface area contributed by atoms with E-state index in [4.69, 9.17) is 11.6 Å². The van der Waals surface area contributed by atoms with Gasteiger partial charge in [0.25, 0.3) is 0 Å². The second-order valence-electron chi connectivity index (χ2n) is 6.39. The summed E-state index contributed by atoms with van der Waals surface area (Å²) in [7, 11) is 0. The molecule has 7 heteroatoms. The number of hydrogen-bond donors (Lipinski definition) is 0. The Morgan fingerprint density at radius 3 is 2.58 bits per heavy atom. The molecule has 3 heterocycles. The number of nitrogens with zero attached hydrogens (tertiary/aromatic N) is 5. The van der Waals surface area contributed by atoms with Crippen LogP contribution < -0.4 is 4.90 Å². The molecule has 5 nitrogen and oxygen atoms in total. The molecule has 0 amide bonds. The minimum absolute atomic E-state index is 0.543. The molecule has 0 bridgehead atoms. The first-order valence-corrected chi connectivity index (χ1v) is 10.1. The van der Waals surface area contributed by atoms with Crippen molar-refractivity contribution in [3.63, 3.8) is 0 Å². The average Bonchev–Trinajstić information content (AvgIpc) is 3.31. The van der Waals surface area contributed by atoms with Gasteiger partial charge in [0, 0.05) is 25.0 Å². The minimum Gasteiger partial charge on any atom is -0.341 e. The predicted molar refractivity (Wildman–Crippen MR) is 106 cm³/mol. The van der Waals surface area contributed by atoms with Gasteiger partial charge in [-0.2, -0.15) is 0 Å². The zero-order valence-corrected chi connectivity index (χ0v) is 16.2. The molecular formula is C19H20ClN5S. The van der Waals surface area contributed by atoms with Gasteiger partial charge >= 0.3 is 0 Å². The molecule has 0 spiro atoms. The highest BCUT2D eigenvalue weighted by Crippen LogP contribution is 2.31. The van der Waals surface area contributed by atoms with Crippen LogP contribution in [0.1, 0.15) is 24.0 Å². The number of aryl methyl sites for hydroxylation is 1. The first kappa shape index (κ1) is 17.4. The predicted octanol–water partition coefficient (Wildman–Crippen LogP) is 4.52. The summed E-state index contributed by atoms with van der Waals surface area (Å²) in [6, 6.07) is 12.4. The molecule has 1 fully saturated rings. The lowest BCUT2D eigenvalue weighted by molar-refractivity contribution is 0.841. The van der Waals surface area contributed by atoms with E-state index in [2.05, 4.69) is 55.8 Å². The van der Waals surface area contributed by atoms with Crippen LogP contribution >= 0.6 is 23.4 Å². The standard InChI is InChI=1S/C19H20ClN5S/c1-14-6-8-16(9-7-14)25-18(24-11-2-3-12-24)22-23-19(25)26-13-15-5-4-10-21-17(15)20/h4-10H,2-3,11-13H2,1H3. The van der Waals surface area contributed by atoms with Crippen LogP contribution in [0, 0.1) is 6.92 Å². The van der Waals surface area contributed by atoms with Crippen molar-refractivity contribution in [2.45, 2.75) is 30.7 Å². The Labute approximate surface area is 162 Å². The maximum Gasteiger partial charge on any atom is 0.232 e. The first-order chi connectivity index (χ1) is 12.7. The Morgan fingerprint density at radius 2 is 1.85 bits per heavy atom. The number of halogens is 1. The van der Waals surface area contributed by atoms with Crippen molar-refractivity contribution >= 4 is 29.3 Å². The number of hydrogen-bond acceptors (Lipinski definition) is 5. The third-order valence-corrected chi connectivity index (χ3v) is 5.81. The summed E-state index contributed by atoms with van der Waals surface area (Å²) < 4.78 is 2.15.